The quantitative estimate of drug-likeness (QED) is 0.0605. The Hall–Kier alpha value is -2.11. The minimum absolute atomic E-state index is 0.118. The van der Waals surface area contributed by atoms with E-state index in [1.165, 1.54) is 19.3 Å². The third kappa shape index (κ3) is 13.8. The maximum absolute atomic E-state index is 12.9. The lowest BCUT2D eigenvalue weighted by molar-refractivity contribution is -0.190. The molecule has 6 nitrogen and oxygen atoms in total. The summed E-state index contributed by atoms with van der Waals surface area (Å²) in [7, 11) is 0. The van der Waals surface area contributed by atoms with Crippen molar-refractivity contribution in [1.29, 1.82) is 0 Å². The average Bonchev–Trinajstić information content (AvgIpc) is 2.81. The van der Waals surface area contributed by atoms with Crippen molar-refractivity contribution in [2.24, 2.45) is 17.8 Å². The van der Waals surface area contributed by atoms with Crippen LogP contribution >= 0.6 is 0 Å². The standard InChI is InChI=1S/C30H51NO5/c1-6-7-8-9-10-11-12-13-14-18-25(35-30(34)27(31-22-32)20-24(4)5)21-28-26(29(33)36-28)19-16-15-17-23(2)3/h10-11,13-14,22-28H,6-9,12,15-21H2,1-5H3,(H,31,32)/b11-10-,14-13-/t25-,26-,27+,28-/m0/s1/i2+1,3+1,4+1,5+1,15+1,17+1,20+1,23+1,24+1,27+1,30+1. The number of carbonyl (C=O) groups is 3. The van der Waals surface area contributed by atoms with Gasteiger partial charge in [0.15, 0.2) is 0 Å². The lowest BCUT2D eigenvalue weighted by Gasteiger charge is -2.37. The van der Waals surface area contributed by atoms with Gasteiger partial charge in [0.2, 0.25) is 6.41 Å². The largest absolute Gasteiger partial charge is 0.461 e. The van der Waals surface area contributed by atoms with Crippen molar-refractivity contribution in [2.75, 3.05) is 0 Å². The van der Waals surface area contributed by atoms with Gasteiger partial charge < -0.3 is 14.8 Å². The molecule has 0 aromatic heterocycles. The Bertz CT molecular complexity index is 685. The fraction of sp³-hybridized carbons (Fsp3) is 0.767. The van der Waals surface area contributed by atoms with Crippen LogP contribution < -0.4 is 5.32 Å². The van der Waals surface area contributed by atoms with Crippen molar-refractivity contribution < 1.29 is 23.9 Å². The number of ether oxygens (including phenoxy) is 2. The van der Waals surface area contributed by atoms with Crippen LogP contribution in [-0.4, -0.2) is 36.6 Å². The predicted molar refractivity (Wildman–Crippen MR) is 145 cm³/mol. The molecule has 6 heteroatoms. The van der Waals surface area contributed by atoms with Gasteiger partial charge in [-0.25, -0.2) is 4.79 Å². The van der Waals surface area contributed by atoms with Crippen molar-refractivity contribution in [3.63, 3.8) is 0 Å². The lowest BCUT2D eigenvalue weighted by atomic mass is 9.88. The van der Waals surface area contributed by atoms with Crippen molar-refractivity contribution in [2.45, 2.75) is 130 Å². The molecule has 1 amide bonds. The number of rotatable bonds is 21. The second kappa shape index (κ2) is 19.1. The van der Waals surface area contributed by atoms with Gasteiger partial charge in [-0.15, -0.1) is 0 Å². The summed E-state index contributed by atoms with van der Waals surface area (Å²) in [6, 6.07) is -0.671. The Morgan fingerprint density at radius 3 is 2.42 bits per heavy atom. The first kappa shape index (κ1) is 31.9. The normalized spacial score (nSPS) is 19.5. The minimum Gasteiger partial charge on any atom is -0.461 e. The van der Waals surface area contributed by atoms with Crippen LogP contribution in [0.1, 0.15) is 112 Å². The van der Waals surface area contributed by atoms with E-state index < -0.39 is 18.1 Å². The van der Waals surface area contributed by atoms with Gasteiger partial charge in [-0.05, 0) is 43.9 Å². The Labute approximate surface area is 219 Å². The zero-order chi connectivity index (χ0) is 26.8. The van der Waals surface area contributed by atoms with E-state index in [1.54, 1.807) is 0 Å². The Kier molecular flexibility index (Phi) is 16.9. The van der Waals surface area contributed by atoms with E-state index in [9.17, 15) is 14.4 Å². The molecule has 36 heavy (non-hydrogen) atoms. The minimum atomic E-state index is -0.671. The number of amides is 1. The molecule has 0 unspecified atom stereocenters. The molecule has 0 bridgehead atoms. The molecule has 1 rings (SSSR count). The van der Waals surface area contributed by atoms with Crippen LogP contribution in [0.4, 0.5) is 0 Å². The topological polar surface area (TPSA) is 81.7 Å². The van der Waals surface area contributed by atoms with E-state index in [0.717, 1.165) is 38.5 Å². The molecule has 1 N–H and O–H groups in total. The van der Waals surface area contributed by atoms with E-state index in [1.807, 2.05) is 19.9 Å². The molecule has 4 atom stereocenters. The van der Waals surface area contributed by atoms with Crippen LogP contribution in [0.15, 0.2) is 24.3 Å². The number of allylic oxidation sites excluding steroid dienone is 3. The highest BCUT2D eigenvalue weighted by atomic mass is 16.6. The summed E-state index contributed by atoms with van der Waals surface area (Å²) in [4.78, 5) is 36.0. The van der Waals surface area contributed by atoms with Gasteiger partial charge in [0.25, 0.3) is 0 Å². The molecule has 1 saturated heterocycles. The molecule has 1 fully saturated rings. The molecule has 206 valence electrons. The third-order valence-corrected chi connectivity index (χ3v) is 6.58. The maximum atomic E-state index is 12.9. The highest BCUT2D eigenvalue weighted by Gasteiger charge is 2.43. The molecule has 0 aliphatic carbocycles. The fourth-order valence-electron chi connectivity index (χ4n) is 4.46. The summed E-state index contributed by atoms with van der Waals surface area (Å²) in [6.07, 6.45) is 19.7. The number of cyclic esters (lactones) is 1. The third-order valence-electron chi connectivity index (χ3n) is 6.58. The second-order valence-corrected chi connectivity index (χ2v) is 10.9. The maximum Gasteiger partial charge on any atom is 0.328 e. The molecule has 1 aliphatic heterocycles. The highest BCUT2D eigenvalue weighted by Crippen LogP contribution is 2.32. The molecule has 1 aliphatic rings. The first-order valence-corrected chi connectivity index (χ1v) is 14.2. The van der Waals surface area contributed by atoms with Crippen LogP contribution in [0.2, 0.25) is 0 Å². The smallest absolute Gasteiger partial charge is 0.328 e. The Morgan fingerprint density at radius 2 is 1.78 bits per heavy atom. The molecular weight excluding hydrogens is 465 g/mol. The van der Waals surface area contributed by atoms with Gasteiger partial charge in [-0.3, -0.25) is 9.59 Å². The summed E-state index contributed by atoms with van der Waals surface area (Å²) < 4.78 is 11.3. The zero-order valence-electron chi connectivity index (χ0n) is 23.4. The molecular formula is C30H51NO5. The summed E-state index contributed by atoms with van der Waals surface area (Å²) in [5, 5.41) is 2.60. The summed E-state index contributed by atoms with van der Waals surface area (Å²) >= 11 is 0. The molecule has 1 heterocycles. The molecule has 0 saturated carbocycles. The van der Waals surface area contributed by atoms with E-state index >= 15 is 0 Å². The highest BCUT2D eigenvalue weighted by molar-refractivity contribution is 5.79. The number of hydrogen-bond acceptors (Lipinski definition) is 5. The van der Waals surface area contributed by atoms with E-state index in [0.29, 0.717) is 31.6 Å². The first-order valence-electron chi connectivity index (χ1n) is 14.2. The number of nitrogens with one attached hydrogen (secondary N) is 1. The van der Waals surface area contributed by atoms with Crippen LogP contribution in [0.25, 0.3) is 0 Å². The van der Waals surface area contributed by atoms with E-state index in [-0.39, 0.29) is 23.9 Å². The van der Waals surface area contributed by atoms with Crippen molar-refractivity contribution >= 4 is 18.3 Å². The summed E-state index contributed by atoms with van der Waals surface area (Å²) in [6.45, 7) is 10.6. The molecule has 0 spiro atoms. The van der Waals surface area contributed by atoms with Crippen molar-refractivity contribution in [3.05, 3.63) is 24.3 Å². The monoisotopic (exact) mass is 516 g/mol. The second-order valence-electron chi connectivity index (χ2n) is 10.9. The fourth-order valence-corrected chi connectivity index (χ4v) is 4.46. The molecule has 0 aromatic carbocycles. The zero-order valence-corrected chi connectivity index (χ0v) is 23.4. The van der Waals surface area contributed by atoms with Gasteiger partial charge in [-0.1, -0.05) is 91.0 Å². The first-order chi connectivity index (χ1) is 17.3. The van der Waals surface area contributed by atoms with Crippen LogP contribution in [-0.2, 0) is 23.9 Å². The van der Waals surface area contributed by atoms with Crippen molar-refractivity contribution in [1.82, 2.24) is 5.32 Å². The molecule has 0 radical (unpaired) electrons. The van der Waals surface area contributed by atoms with E-state index in [4.69, 9.17) is 9.47 Å². The lowest BCUT2D eigenvalue weighted by Crippen LogP contribution is -2.48. The SMILES string of the molecule is CCCCC/C=C\C/C=C\C[C@@H](C[C@@H]1OC(=O)[C@H]1CC[13CH2][13CH2][13CH]([13CH3])[13CH3])O[13C](=O)[13C@@H]([13CH2][13CH]([13CH3])[13CH3])NC=O. The summed E-state index contributed by atoms with van der Waals surface area (Å²) in [5.74, 6) is 0.214. The number of carbonyl (C=O) groups excluding carboxylic acids is 3. The van der Waals surface area contributed by atoms with Crippen LogP contribution in [0, 0.1) is 17.8 Å². The van der Waals surface area contributed by atoms with Crippen LogP contribution in [0.5, 0.6) is 0 Å². The summed E-state index contributed by atoms with van der Waals surface area (Å²) in [5.41, 5.74) is 0. The van der Waals surface area contributed by atoms with E-state index in [2.05, 4.69) is 44.3 Å². The van der Waals surface area contributed by atoms with Crippen molar-refractivity contribution in [3.8, 4) is 0 Å². The predicted octanol–water partition coefficient (Wildman–Crippen LogP) is 6.68. The number of esters is 2. The van der Waals surface area contributed by atoms with Gasteiger partial charge >= 0.3 is 11.9 Å². The number of unbranched alkanes of at least 4 members (excludes halogenated alkanes) is 4. The van der Waals surface area contributed by atoms with Crippen LogP contribution in [0.3, 0.4) is 0 Å². The molecule has 0 aromatic rings. The Balaban J connectivity index is 2.70. The van der Waals surface area contributed by atoms with Gasteiger partial charge in [-0.2, -0.15) is 0 Å². The van der Waals surface area contributed by atoms with Gasteiger partial charge in [0.1, 0.15) is 18.2 Å². The van der Waals surface area contributed by atoms with Gasteiger partial charge in [0, 0.05) is 12.8 Å². The Morgan fingerprint density at radius 1 is 1.03 bits per heavy atom. The van der Waals surface area contributed by atoms with Gasteiger partial charge in [0.05, 0.1) is 5.92 Å². The average molecular weight is 517 g/mol. The number of hydrogen-bond donors (Lipinski definition) is 1.